The zero-order valence-electron chi connectivity index (χ0n) is 37.4. The van der Waals surface area contributed by atoms with Gasteiger partial charge in [-0.1, -0.05) is 180 Å². The fraction of sp³-hybridized carbons (Fsp3) is 0.276. The SMILES string of the molecule is CC(C)(C)c1cc(-c2c3cccccc3c3cc4c(=O)c5cc6c(-c7cc(C(C)(C)C)cc(C(C)(C)C)c7)c7cccccc7c6cc5c(=O)c4cc23)cc(C(C)(C)C)c1. The topological polar surface area (TPSA) is 34.1 Å². The van der Waals surface area contributed by atoms with E-state index in [0.717, 1.165) is 65.3 Å². The highest BCUT2D eigenvalue weighted by Gasteiger charge is 2.26. The minimum absolute atomic E-state index is 0.0678. The van der Waals surface area contributed by atoms with Crippen LogP contribution in [0.2, 0.25) is 0 Å². The summed E-state index contributed by atoms with van der Waals surface area (Å²) in [6.45, 7) is 27.2. The highest BCUT2D eigenvalue weighted by molar-refractivity contribution is 6.27. The lowest BCUT2D eigenvalue weighted by molar-refractivity contribution is 0.568. The second-order valence-electron chi connectivity index (χ2n) is 21.4. The quantitative estimate of drug-likeness (QED) is 0.164. The molecule has 60 heavy (non-hydrogen) atoms. The minimum Gasteiger partial charge on any atom is -0.289 e. The number of hydrogen-bond acceptors (Lipinski definition) is 2. The Morgan fingerprint density at radius 2 is 0.533 bits per heavy atom. The first-order chi connectivity index (χ1) is 28.1. The van der Waals surface area contributed by atoms with Crippen LogP contribution in [0.25, 0.3) is 86.9 Å². The molecule has 0 aliphatic carbocycles. The van der Waals surface area contributed by atoms with Crippen LogP contribution in [0.15, 0.2) is 131 Å². The molecule has 0 heterocycles. The largest absolute Gasteiger partial charge is 0.289 e. The van der Waals surface area contributed by atoms with Crippen LogP contribution < -0.4 is 10.9 Å². The van der Waals surface area contributed by atoms with E-state index in [4.69, 9.17) is 0 Å². The van der Waals surface area contributed by atoms with Crippen LogP contribution in [-0.4, -0.2) is 0 Å². The standard InChI is InChI=1S/C58H56O2/c1-55(2,3)35-23-33(24-36(27-35)56(4,5)6)51-41-21-17-13-15-19-39(41)43-29-47-49(31-45(43)51)53(59)48-30-44-40-20-16-14-18-22-42(40)52(46(44)32-50(48)54(47)60)34-25-37(57(7,8)9)28-38(26-34)58(10,11)12/h13-32H,1-12H3. The Bertz CT molecular complexity index is 3080. The molecule has 9 aromatic carbocycles. The van der Waals surface area contributed by atoms with Crippen molar-refractivity contribution in [3.63, 3.8) is 0 Å². The molecule has 0 saturated heterocycles. The predicted molar refractivity (Wildman–Crippen MR) is 261 cm³/mol. The molecule has 0 radical (unpaired) electrons. The van der Waals surface area contributed by atoms with Gasteiger partial charge in [-0.05, 0) is 134 Å². The molecule has 2 heteroatoms. The van der Waals surface area contributed by atoms with Gasteiger partial charge in [0.25, 0.3) is 0 Å². The predicted octanol–water partition coefficient (Wildman–Crippen LogP) is 15.3. The van der Waals surface area contributed by atoms with E-state index < -0.39 is 0 Å². The smallest absolute Gasteiger partial charge is 0.194 e. The molecule has 0 fully saturated rings. The van der Waals surface area contributed by atoms with Gasteiger partial charge in [-0.3, -0.25) is 9.59 Å². The Balaban J connectivity index is 1.40. The van der Waals surface area contributed by atoms with Crippen molar-refractivity contribution < 1.29 is 0 Å². The van der Waals surface area contributed by atoms with E-state index in [1.54, 1.807) is 0 Å². The van der Waals surface area contributed by atoms with Crippen molar-refractivity contribution in [3.05, 3.63) is 164 Å². The summed E-state index contributed by atoms with van der Waals surface area (Å²) in [5.41, 5.74) is 9.05. The zero-order chi connectivity index (χ0) is 42.8. The number of rotatable bonds is 2. The third-order valence-electron chi connectivity index (χ3n) is 12.9. The molecule has 0 atom stereocenters. The maximum atomic E-state index is 15.1. The first-order valence-electron chi connectivity index (χ1n) is 21.5. The summed E-state index contributed by atoms with van der Waals surface area (Å²) in [6.07, 6.45) is 0. The average molecular weight is 785 g/mol. The van der Waals surface area contributed by atoms with Crippen molar-refractivity contribution in [2.24, 2.45) is 0 Å². The molecule has 9 aromatic rings. The summed E-state index contributed by atoms with van der Waals surface area (Å²) in [5.74, 6) is 0. The normalized spacial score (nSPS) is 13.1. The van der Waals surface area contributed by atoms with E-state index in [-0.39, 0.29) is 32.5 Å². The van der Waals surface area contributed by atoms with Gasteiger partial charge in [0.2, 0.25) is 0 Å². The second-order valence-corrected chi connectivity index (χ2v) is 21.4. The van der Waals surface area contributed by atoms with Crippen LogP contribution in [-0.2, 0) is 21.7 Å². The van der Waals surface area contributed by atoms with Gasteiger partial charge in [-0.15, -0.1) is 0 Å². The van der Waals surface area contributed by atoms with Crippen molar-refractivity contribution in [3.8, 4) is 22.3 Å². The van der Waals surface area contributed by atoms with Crippen molar-refractivity contribution in [2.45, 2.75) is 105 Å². The van der Waals surface area contributed by atoms with Crippen LogP contribution in [0.5, 0.6) is 0 Å². The highest BCUT2D eigenvalue weighted by atomic mass is 16.1. The summed E-state index contributed by atoms with van der Waals surface area (Å²) in [6, 6.07) is 43.2. The Kier molecular flexibility index (Phi) is 8.79. The summed E-state index contributed by atoms with van der Waals surface area (Å²) >= 11 is 0. The molecule has 2 nitrogen and oxygen atoms in total. The van der Waals surface area contributed by atoms with E-state index in [1.165, 1.54) is 22.3 Å². The summed E-state index contributed by atoms with van der Waals surface area (Å²) in [5, 5.41) is 10.2. The first-order valence-corrected chi connectivity index (χ1v) is 21.5. The molecule has 0 N–H and O–H groups in total. The molecule has 0 unspecified atom stereocenters. The lowest BCUT2D eigenvalue weighted by Crippen LogP contribution is -2.16. The van der Waals surface area contributed by atoms with Crippen LogP contribution in [0.1, 0.15) is 105 Å². The minimum atomic E-state index is -0.107. The monoisotopic (exact) mass is 784 g/mol. The lowest BCUT2D eigenvalue weighted by Gasteiger charge is -2.26. The first kappa shape index (κ1) is 39.6. The van der Waals surface area contributed by atoms with Gasteiger partial charge in [0.1, 0.15) is 0 Å². The third-order valence-corrected chi connectivity index (χ3v) is 12.9. The number of benzene rings is 5. The van der Waals surface area contributed by atoms with E-state index in [1.807, 2.05) is 24.3 Å². The molecular formula is C58H56O2. The van der Waals surface area contributed by atoms with Gasteiger partial charge in [0, 0.05) is 21.5 Å². The number of hydrogen-bond donors (Lipinski definition) is 0. The average Bonchev–Trinajstić information content (AvgIpc) is 3.35. The Morgan fingerprint density at radius 3 is 0.817 bits per heavy atom. The Morgan fingerprint density at radius 1 is 0.267 bits per heavy atom. The molecule has 0 bridgehead atoms. The second kappa shape index (κ2) is 13.3. The molecule has 9 rings (SSSR count). The van der Waals surface area contributed by atoms with Gasteiger partial charge in [0.15, 0.2) is 10.9 Å². The van der Waals surface area contributed by atoms with E-state index in [0.29, 0.717) is 21.5 Å². The Hall–Kier alpha value is -5.86. The summed E-state index contributed by atoms with van der Waals surface area (Å²) in [4.78, 5) is 30.1. The fourth-order valence-corrected chi connectivity index (χ4v) is 9.29. The van der Waals surface area contributed by atoms with Gasteiger partial charge in [-0.2, -0.15) is 0 Å². The van der Waals surface area contributed by atoms with Gasteiger partial charge >= 0.3 is 0 Å². The van der Waals surface area contributed by atoms with Crippen LogP contribution >= 0.6 is 0 Å². The fourth-order valence-electron chi connectivity index (χ4n) is 9.29. The van der Waals surface area contributed by atoms with Gasteiger partial charge in [0.05, 0.1) is 0 Å². The molecule has 0 aliphatic heterocycles. The van der Waals surface area contributed by atoms with E-state index >= 15 is 9.59 Å². The van der Waals surface area contributed by atoms with Gasteiger partial charge < -0.3 is 0 Å². The summed E-state index contributed by atoms with van der Waals surface area (Å²) < 4.78 is 0. The van der Waals surface area contributed by atoms with Crippen LogP contribution in [0.3, 0.4) is 0 Å². The third kappa shape index (κ3) is 6.38. The maximum Gasteiger partial charge on any atom is 0.194 e. The highest BCUT2D eigenvalue weighted by Crippen LogP contribution is 2.46. The van der Waals surface area contributed by atoms with Crippen molar-refractivity contribution in [2.75, 3.05) is 0 Å². The molecule has 0 amide bonds. The molecule has 0 saturated carbocycles. The zero-order valence-corrected chi connectivity index (χ0v) is 37.4. The van der Waals surface area contributed by atoms with Crippen molar-refractivity contribution >= 4 is 64.6 Å². The Labute approximate surface area is 354 Å². The lowest BCUT2D eigenvalue weighted by atomic mass is 9.78. The van der Waals surface area contributed by atoms with Gasteiger partial charge in [-0.25, -0.2) is 0 Å². The van der Waals surface area contributed by atoms with Crippen molar-refractivity contribution in [1.29, 1.82) is 0 Å². The van der Waals surface area contributed by atoms with E-state index in [9.17, 15) is 0 Å². The van der Waals surface area contributed by atoms with E-state index in [2.05, 4.69) is 180 Å². The molecule has 0 aromatic heterocycles. The summed E-state index contributed by atoms with van der Waals surface area (Å²) in [7, 11) is 0. The molecule has 0 spiro atoms. The molecule has 0 aliphatic rings. The van der Waals surface area contributed by atoms with Crippen molar-refractivity contribution in [1.82, 2.24) is 0 Å². The maximum absolute atomic E-state index is 15.1. The van der Waals surface area contributed by atoms with Crippen LogP contribution in [0, 0.1) is 0 Å². The number of fused-ring (bicyclic) bond motifs is 8. The molecular weight excluding hydrogens is 729 g/mol. The molecule has 300 valence electrons. The van der Waals surface area contributed by atoms with Crippen LogP contribution in [0.4, 0.5) is 0 Å².